The Labute approximate surface area is 77.5 Å². The van der Waals surface area contributed by atoms with Gasteiger partial charge in [-0.1, -0.05) is 6.92 Å². The minimum Gasteiger partial charge on any atom is -0.302 e. The third kappa shape index (κ3) is 2.93. The molecule has 1 heterocycles. The maximum atomic E-state index is 5.04. The van der Waals surface area contributed by atoms with Gasteiger partial charge in [-0.25, -0.2) is 0 Å². The van der Waals surface area contributed by atoms with Crippen molar-refractivity contribution in [2.45, 2.75) is 26.8 Å². The summed E-state index contributed by atoms with van der Waals surface area (Å²) in [7, 11) is 0. The van der Waals surface area contributed by atoms with Gasteiger partial charge in [-0.05, 0) is 25.5 Å². The molecular weight excluding hydrogens is 170 g/mol. The van der Waals surface area contributed by atoms with Gasteiger partial charge in [0.2, 0.25) is 0 Å². The molecule has 0 aliphatic rings. The topological polar surface area (TPSA) is 21.3 Å². The Morgan fingerprint density at radius 2 is 2.08 bits per heavy atom. The van der Waals surface area contributed by atoms with E-state index in [4.69, 9.17) is 4.84 Å². The van der Waals surface area contributed by atoms with E-state index in [0.29, 0.717) is 6.61 Å². The quantitative estimate of drug-likeness (QED) is 0.561. The van der Waals surface area contributed by atoms with Crippen molar-refractivity contribution in [3.63, 3.8) is 0 Å². The molecule has 0 radical (unpaired) electrons. The highest BCUT2D eigenvalue weighted by Gasteiger charge is 1.96. The first-order valence-corrected chi connectivity index (χ1v) is 5.10. The number of hydrogen-bond donors (Lipinski definition) is 1. The fraction of sp³-hybridized carbons (Fsp3) is 0.556. The van der Waals surface area contributed by atoms with E-state index >= 15 is 0 Å². The summed E-state index contributed by atoms with van der Waals surface area (Å²) in [5.41, 5.74) is 2.90. The highest BCUT2D eigenvalue weighted by molar-refractivity contribution is 7.11. The second kappa shape index (κ2) is 5.30. The molecule has 1 rings (SSSR count). The van der Waals surface area contributed by atoms with Crippen molar-refractivity contribution in [1.82, 2.24) is 5.48 Å². The van der Waals surface area contributed by atoms with Crippen molar-refractivity contribution in [2.75, 3.05) is 6.61 Å². The monoisotopic (exact) mass is 185 g/mol. The lowest BCUT2D eigenvalue weighted by Gasteiger charge is -1.99. The number of thiophene rings is 1. The first kappa shape index (κ1) is 9.71. The summed E-state index contributed by atoms with van der Waals surface area (Å²) >= 11 is 1.84. The Kier molecular flexibility index (Phi) is 4.29. The molecular formula is C9H15NOS. The molecule has 1 aromatic rings. The van der Waals surface area contributed by atoms with Crippen molar-refractivity contribution >= 4 is 11.3 Å². The maximum Gasteiger partial charge on any atom is 0.0654 e. The van der Waals surface area contributed by atoms with Crippen LogP contribution in [-0.4, -0.2) is 6.61 Å². The van der Waals surface area contributed by atoms with Crippen LogP contribution in [-0.2, 0) is 17.8 Å². The van der Waals surface area contributed by atoms with Crippen LogP contribution in [0.2, 0.25) is 0 Å². The first-order chi connectivity index (χ1) is 5.86. The lowest BCUT2D eigenvalue weighted by molar-refractivity contribution is 0.0469. The van der Waals surface area contributed by atoms with E-state index in [1.165, 1.54) is 9.75 Å². The fourth-order valence-electron chi connectivity index (χ4n) is 0.932. The lowest BCUT2D eigenvalue weighted by Crippen LogP contribution is -2.12. The average molecular weight is 185 g/mol. The van der Waals surface area contributed by atoms with Crippen molar-refractivity contribution in [3.05, 3.63) is 21.9 Å². The summed E-state index contributed by atoms with van der Waals surface area (Å²) in [5.74, 6) is 0. The molecule has 0 atom stereocenters. The van der Waals surface area contributed by atoms with E-state index < -0.39 is 0 Å². The van der Waals surface area contributed by atoms with Gasteiger partial charge in [0.25, 0.3) is 0 Å². The van der Waals surface area contributed by atoms with Gasteiger partial charge in [-0.3, -0.25) is 0 Å². The third-order valence-electron chi connectivity index (χ3n) is 1.56. The van der Waals surface area contributed by atoms with Crippen LogP contribution in [0.4, 0.5) is 0 Å². The van der Waals surface area contributed by atoms with Crippen LogP contribution in [0.3, 0.4) is 0 Å². The summed E-state index contributed by atoms with van der Waals surface area (Å²) in [6, 6.07) is 4.32. The largest absolute Gasteiger partial charge is 0.302 e. The Morgan fingerprint density at radius 3 is 2.67 bits per heavy atom. The minimum atomic E-state index is 0.714. The predicted octanol–water partition coefficient (Wildman–Crippen LogP) is 2.35. The SMILES string of the molecule is CCONCc1ccc(CC)s1. The Bertz CT molecular complexity index is 222. The molecule has 0 bridgehead atoms. The van der Waals surface area contributed by atoms with Gasteiger partial charge >= 0.3 is 0 Å². The number of hydrogen-bond acceptors (Lipinski definition) is 3. The van der Waals surface area contributed by atoms with E-state index in [2.05, 4.69) is 24.5 Å². The molecule has 0 aromatic carbocycles. The molecule has 1 aromatic heterocycles. The fourth-order valence-corrected chi connectivity index (χ4v) is 1.82. The number of aryl methyl sites for hydroxylation is 1. The van der Waals surface area contributed by atoms with Gasteiger partial charge in [0.15, 0.2) is 0 Å². The summed E-state index contributed by atoms with van der Waals surface area (Å²) in [6.07, 6.45) is 1.12. The van der Waals surface area contributed by atoms with E-state index in [-0.39, 0.29) is 0 Å². The highest BCUT2D eigenvalue weighted by atomic mass is 32.1. The number of rotatable bonds is 5. The second-order valence-electron chi connectivity index (χ2n) is 2.48. The molecule has 0 aliphatic carbocycles. The second-order valence-corrected chi connectivity index (χ2v) is 3.73. The Hall–Kier alpha value is -0.380. The van der Waals surface area contributed by atoms with Crippen LogP contribution < -0.4 is 5.48 Å². The molecule has 1 N–H and O–H groups in total. The summed E-state index contributed by atoms with van der Waals surface area (Å²) < 4.78 is 0. The molecule has 0 saturated carbocycles. The number of hydroxylamine groups is 1. The molecule has 0 amide bonds. The molecule has 2 nitrogen and oxygen atoms in total. The van der Waals surface area contributed by atoms with Gasteiger partial charge in [-0.2, -0.15) is 5.48 Å². The predicted molar refractivity (Wildman–Crippen MR) is 52.2 cm³/mol. The van der Waals surface area contributed by atoms with Crippen molar-refractivity contribution in [2.24, 2.45) is 0 Å². The van der Waals surface area contributed by atoms with Gasteiger partial charge in [0, 0.05) is 9.75 Å². The maximum absolute atomic E-state index is 5.04. The van der Waals surface area contributed by atoms with Gasteiger partial charge in [0.05, 0.1) is 13.2 Å². The summed E-state index contributed by atoms with van der Waals surface area (Å²) in [5, 5.41) is 0. The molecule has 0 saturated heterocycles. The first-order valence-electron chi connectivity index (χ1n) is 4.29. The molecule has 3 heteroatoms. The lowest BCUT2D eigenvalue weighted by atomic mass is 10.4. The van der Waals surface area contributed by atoms with Crippen LogP contribution in [0.15, 0.2) is 12.1 Å². The summed E-state index contributed by atoms with van der Waals surface area (Å²) in [4.78, 5) is 7.80. The Balaban J connectivity index is 2.31. The molecule has 0 fully saturated rings. The molecule has 0 aliphatic heterocycles. The van der Waals surface area contributed by atoms with Crippen LogP contribution in [0.5, 0.6) is 0 Å². The Morgan fingerprint density at radius 1 is 1.33 bits per heavy atom. The number of nitrogens with one attached hydrogen (secondary N) is 1. The van der Waals surface area contributed by atoms with E-state index in [1.807, 2.05) is 18.3 Å². The summed E-state index contributed by atoms with van der Waals surface area (Å²) in [6.45, 7) is 5.68. The van der Waals surface area contributed by atoms with Gasteiger partial charge in [-0.15, -0.1) is 11.3 Å². The molecule has 0 spiro atoms. The van der Waals surface area contributed by atoms with E-state index in [9.17, 15) is 0 Å². The minimum absolute atomic E-state index is 0.714. The van der Waals surface area contributed by atoms with Crippen molar-refractivity contribution in [1.29, 1.82) is 0 Å². The third-order valence-corrected chi connectivity index (χ3v) is 2.79. The van der Waals surface area contributed by atoms with Crippen LogP contribution in [0.1, 0.15) is 23.6 Å². The molecule has 68 valence electrons. The van der Waals surface area contributed by atoms with E-state index in [1.54, 1.807) is 0 Å². The smallest absolute Gasteiger partial charge is 0.0654 e. The van der Waals surface area contributed by atoms with Crippen LogP contribution >= 0.6 is 11.3 Å². The van der Waals surface area contributed by atoms with Gasteiger partial charge < -0.3 is 4.84 Å². The van der Waals surface area contributed by atoms with Crippen molar-refractivity contribution < 1.29 is 4.84 Å². The molecule has 12 heavy (non-hydrogen) atoms. The van der Waals surface area contributed by atoms with Crippen LogP contribution in [0, 0.1) is 0 Å². The zero-order valence-corrected chi connectivity index (χ0v) is 8.41. The highest BCUT2D eigenvalue weighted by Crippen LogP contribution is 2.16. The van der Waals surface area contributed by atoms with E-state index in [0.717, 1.165) is 13.0 Å². The standard InChI is InChI=1S/C9H15NOS/c1-3-8-5-6-9(12-8)7-10-11-4-2/h5-6,10H,3-4,7H2,1-2H3. The van der Waals surface area contributed by atoms with Crippen LogP contribution in [0.25, 0.3) is 0 Å². The average Bonchev–Trinajstić information content (AvgIpc) is 2.53. The zero-order chi connectivity index (χ0) is 8.81. The zero-order valence-electron chi connectivity index (χ0n) is 7.59. The molecule has 0 unspecified atom stereocenters. The van der Waals surface area contributed by atoms with Gasteiger partial charge in [0.1, 0.15) is 0 Å². The normalized spacial score (nSPS) is 10.5. The van der Waals surface area contributed by atoms with Crippen molar-refractivity contribution in [3.8, 4) is 0 Å².